The number of benzene rings is 1. The van der Waals surface area contributed by atoms with Crippen molar-refractivity contribution in [2.45, 2.75) is 46.4 Å². The Bertz CT molecular complexity index is 1110. The number of carbonyl (C=O) groups is 4. The van der Waals surface area contributed by atoms with Gasteiger partial charge in [0.15, 0.2) is 12.2 Å². The summed E-state index contributed by atoms with van der Waals surface area (Å²) in [5, 5.41) is 33.4. The lowest BCUT2D eigenvalue weighted by Gasteiger charge is -2.31. The molecule has 1 aromatic carbocycles. The number of carboxylic acids is 2. The summed E-state index contributed by atoms with van der Waals surface area (Å²) in [6, 6.07) is 5.81. The molecule has 2 aromatic rings. The van der Waals surface area contributed by atoms with Gasteiger partial charge in [-0.15, -0.1) is 0 Å². The van der Waals surface area contributed by atoms with E-state index >= 15 is 0 Å². The number of ether oxygens (including phenoxy) is 1. The lowest BCUT2D eigenvalue weighted by molar-refractivity contribution is -0.165. The summed E-state index contributed by atoms with van der Waals surface area (Å²) in [6.45, 7) is 11.9. The molecule has 36 heavy (non-hydrogen) atoms. The fourth-order valence-corrected chi connectivity index (χ4v) is 4.04. The van der Waals surface area contributed by atoms with Crippen molar-refractivity contribution in [3.8, 4) is 0 Å². The van der Waals surface area contributed by atoms with Gasteiger partial charge in [0.25, 0.3) is 0 Å². The molecule has 2 heterocycles. The third-order valence-electron chi connectivity index (χ3n) is 6.02. The van der Waals surface area contributed by atoms with Crippen LogP contribution in [0.1, 0.15) is 36.8 Å². The molecule has 2 unspecified atom stereocenters. The van der Waals surface area contributed by atoms with Crippen molar-refractivity contribution in [1.82, 2.24) is 9.47 Å². The molecule has 3 rings (SSSR count). The third-order valence-corrected chi connectivity index (χ3v) is 6.02. The number of likely N-dealkylation sites (N-methyl/N-ethyl adjacent to an activating group) is 1. The van der Waals surface area contributed by atoms with E-state index in [2.05, 4.69) is 18.7 Å². The quantitative estimate of drug-likeness (QED) is 0.336. The first-order valence-electron chi connectivity index (χ1n) is 11.6. The number of carboxylic acid groups (broad SMARTS) is 2. The summed E-state index contributed by atoms with van der Waals surface area (Å²) in [5.41, 5.74) is 3.20. The van der Waals surface area contributed by atoms with Crippen molar-refractivity contribution in [2.24, 2.45) is 0 Å². The largest absolute Gasteiger partial charge is 0.479 e. The first-order chi connectivity index (χ1) is 17.0. The molecule has 12 heteroatoms. The fourth-order valence-electron chi connectivity index (χ4n) is 4.04. The number of aliphatic hydroxyl groups excluding tert-OH is 2. The fraction of sp³-hybridized carbons (Fsp3) is 0.500. The van der Waals surface area contributed by atoms with Crippen LogP contribution in [0.3, 0.4) is 0 Å². The van der Waals surface area contributed by atoms with E-state index in [9.17, 15) is 19.2 Å². The Morgan fingerprint density at radius 1 is 1.06 bits per heavy atom. The van der Waals surface area contributed by atoms with E-state index in [0.29, 0.717) is 18.7 Å². The minimum Gasteiger partial charge on any atom is -0.479 e. The molecule has 1 aliphatic rings. The van der Waals surface area contributed by atoms with Crippen LogP contribution in [0.2, 0.25) is 0 Å². The van der Waals surface area contributed by atoms with Gasteiger partial charge in [-0.1, -0.05) is 26.0 Å². The highest BCUT2D eigenvalue weighted by Gasteiger charge is 2.31. The predicted molar refractivity (Wildman–Crippen MR) is 130 cm³/mol. The summed E-state index contributed by atoms with van der Waals surface area (Å²) in [4.78, 5) is 49.0. The second-order valence-electron chi connectivity index (χ2n) is 8.08. The van der Waals surface area contributed by atoms with Gasteiger partial charge in [-0.25, -0.2) is 14.4 Å². The van der Waals surface area contributed by atoms with Gasteiger partial charge in [0.2, 0.25) is 5.91 Å². The van der Waals surface area contributed by atoms with Crippen LogP contribution in [0.25, 0.3) is 10.9 Å². The third kappa shape index (κ3) is 6.01. The molecule has 0 fully saturated rings. The van der Waals surface area contributed by atoms with E-state index in [4.69, 9.17) is 25.2 Å². The molecule has 2 atom stereocenters. The van der Waals surface area contributed by atoms with E-state index in [1.54, 1.807) is 6.92 Å². The Labute approximate surface area is 208 Å². The van der Waals surface area contributed by atoms with Crippen LogP contribution in [0.15, 0.2) is 18.2 Å². The highest BCUT2D eigenvalue weighted by molar-refractivity contribution is 6.13. The van der Waals surface area contributed by atoms with E-state index in [0.717, 1.165) is 41.9 Å². The molecule has 1 aliphatic heterocycles. The maximum atomic E-state index is 12.8. The van der Waals surface area contributed by atoms with Gasteiger partial charge in [0.1, 0.15) is 6.54 Å². The van der Waals surface area contributed by atoms with E-state index < -0.39 is 24.1 Å². The van der Waals surface area contributed by atoms with Gasteiger partial charge in [0.05, 0.1) is 23.4 Å². The van der Waals surface area contributed by atoms with E-state index in [1.165, 1.54) is 0 Å². The van der Waals surface area contributed by atoms with Crippen molar-refractivity contribution in [2.75, 3.05) is 37.7 Å². The molecule has 1 aromatic heterocycles. The summed E-state index contributed by atoms with van der Waals surface area (Å²) >= 11 is 0. The van der Waals surface area contributed by atoms with Gasteiger partial charge in [-0.3, -0.25) is 4.79 Å². The average molecular weight is 508 g/mol. The predicted octanol–water partition coefficient (Wildman–Crippen LogP) is 0.692. The van der Waals surface area contributed by atoms with Gasteiger partial charge in [0, 0.05) is 24.2 Å². The number of aliphatic hydroxyl groups is 2. The molecular weight excluding hydrogens is 474 g/mol. The normalized spacial score (nSPS) is 14.3. The number of para-hydroxylation sites is 1. The molecule has 198 valence electrons. The van der Waals surface area contributed by atoms with Crippen molar-refractivity contribution in [3.05, 3.63) is 29.5 Å². The van der Waals surface area contributed by atoms with Gasteiger partial charge in [-0.2, -0.15) is 0 Å². The minimum absolute atomic E-state index is 0.0614. The zero-order valence-electron chi connectivity index (χ0n) is 20.8. The van der Waals surface area contributed by atoms with Crippen molar-refractivity contribution >= 4 is 40.4 Å². The number of hydrogen-bond donors (Lipinski definition) is 4. The molecule has 12 nitrogen and oxygen atoms in total. The minimum atomic E-state index is -2.27. The molecule has 1 amide bonds. The van der Waals surface area contributed by atoms with E-state index in [-0.39, 0.29) is 18.4 Å². The Morgan fingerprint density at radius 2 is 1.64 bits per heavy atom. The molecular formula is C24H33N3O9. The number of amides is 1. The molecule has 0 saturated heterocycles. The Hall–Kier alpha value is -3.48. The average Bonchev–Trinajstić information content (AvgIpc) is 3.12. The van der Waals surface area contributed by atoms with Crippen molar-refractivity contribution < 1.29 is 44.3 Å². The molecule has 0 bridgehead atoms. The highest BCUT2D eigenvalue weighted by atomic mass is 16.5. The second-order valence-corrected chi connectivity index (χ2v) is 8.08. The standard InChI is InChI=1S/C20H27N3O3.C4H6O6/c1-5-21(6-2)11-12-22-16-10-8-9-15-18(20(25)26-7-3)14(4)23(19(15)16)13-17(22)24;5-1(3(7)8)2(6)4(9)10/h8-10H,5-7,11-13H2,1-4H3;1-2,5-6H,(H,7,8)(H,9,10). The number of aromatic nitrogens is 1. The van der Waals surface area contributed by atoms with Crippen LogP contribution >= 0.6 is 0 Å². The Balaban J connectivity index is 0.000000388. The molecule has 4 N–H and O–H groups in total. The first kappa shape index (κ1) is 28.8. The first-order valence-corrected chi connectivity index (χ1v) is 11.6. The van der Waals surface area contributed by atoms with Gasteiger partial charge < -0.3 is 39.5 Å². The Morgan fingerprint density at radius 3 is 2.14 bits per heavy atom. The number of nitrogens with zero attached hydrogens (tertiary/aromatic N) is 3. The zero-order chi connectivity index (χ0) is 27.2. The topological polar surface area (TPSA) is 170 Å². The van der Waals surface area contributed by atoms with Crippen LogP contribution in [0, 0.1) is 6.92 Å². The number of hydrogen-bond acceptors (Lipinski definition) is 8. The van der Waals surface area contributed by atoms with Crippen LogP contribution in [-0.4, -0.2) is 98.7 Å². The Kier molecular flexibility index (Phi) is 9.96. The second kappa shape index (κ2) is 12.5. The lowest BCUT2D eigenvalue weighted by atomic mass is 10.1. The maximum absolute atomic E-state index is 12.8. The number of carbonyl (C=O) groups excluding carboxylic acids is 2. The van der Waals surface area contributed by atoms with Gasteiger partial charge in [-0.05, 0) is 33.0 Å². The summed E-state index contributed by atoms with van der Waals surface area (Å²) in [7, 11) is 0. The van der Waals surface area contributed by atoms with Crippen molar-refractivity contribution in [3.63, 3.8) is 0 Å². The van der Waals surface area contributed by atoms with Gasteiger partial charge >= 0.3 is 17.9 Å². The monoisotopic (exact) mass is 507 g/mol. The molecule has 0 saturated carbocycles. The van der Waals surface area contributed by atoms with Crippen LogP contribution in [0.5, 0.6) is 0 Å². The highest BCUT2D eigenvalue weighted by Crippen LogP contribution is 2.36. The molecule has 0 spiro atoms. The van der Waals surface area contributed by atoms with Crippen LogP contribution < -0.4 is 4.90 Å². The SMILES string of the molecule is CCOC(=O)c1c(C)n2c3c(cccc13)N(CCN(CC)CC)C(=O)C2.O=C(O)C(O)C(O)C(=O)O. The summed E-state index contributed by atoms with van der Waals surface area (Å²) in [5.74, 6) is -3.80. The molecule has 0 aliphatic carbocycles. The summed E-state index contributed by atoms with van der Waals surface area (Å²) < 4.78 is 7.19. The van der Waals surface area contributed by atoms with E-state index in [1.807, 2.05) is 34.6 Å². The zero-order valence-corrected chi connectivity index (χ0v) is 20.8. The molecule has 0 radical (unpaired) electrons. The number of esters is 1. The summed E-state index contributed by atoms with van der Waals surface area (Å²) in [6.07, 6.45) is -4.53. The smallest absolute Gasteiger partial charge is 0.340 e. The van der Waals surface area contributed by atoms with Crippen LogP contribution in [-0.2, 0) is 25.7 Å². The van der Waals surface area contributed by atoms with Crippen LogP contribution in [0.4, 0.5) is 5.69 Å². The lowest BCUT2D eigenvalue weighted by Crippen LogP contribution is -2.42. The van der Waals surface area contributed by atoms with Crippen molar-refractivity contribution in [1.29, 1.82) is 0 Å². The number of aliphatic carboxylic acids is 2. The number of rotatable bonds is 10. The maximum Gasteiger partial charge on any atom is 0.340 e. The number of anilines is 1.